The number of nitrogens with zero attached hydrogens (tertiary/aromatic N) is 2. The lowest BCUT2D eigenvalue weighted by Gasteiger charge is -1.93. The minimum atomic E-state index is 0.472. The molecule has 2 aromatic heterocycles. The smallest absolute Gasteiger partial charge is 0.247 e. The molecule has 5 heteroatoms. The minimum absolute atomic E-state index is 0.472. The van der Waals surface area contributed by atoms with E-state index in [1.807, 2.05) is 12.1 Å². The lowest BCUT2D eigenvalue weighted by molar-refractivity contribution is 0.608. The van der Waals surface area contributed by atoms with E-state index in [1.54, 1.807) is 18.2 Å². The number of rotatable bonds is 1. The maximum atomic E-state index is 5.83. The van der Waals surface area contributed by atoms with E-state index in [9.17, 15) is 0 Å². The molecule has 3 nitrogen and oxygen atoms in total. The highest BCUT2D eigenvalue weighted by atomic mass is 35.5. The first-order chi connectivity index (χ1) is 8.22. The van der Waals surface area contributed by atoms with Gasteiger partial charge in [-0.1, -0.05) is 23.2 Å². The molecule has 84 valence electrons. The number of halogens is 2. The van der Waals surface area contributed by atoms with Crippen LogP contribution in [0, 0.1) is 0 Å². The summed E-state index contributed by atoms with van der Waals surface area (Å²) in [6.45, 7) is 0. The van der Waals surface area contributed by atoms with E-state index in [4.69, 9.17) is 27.6 Å². The third-order valence-corrected chi connectivity index (χ3v) is 2.76. The van der Waals surface area contributed by atoms with Crippen molar-refractivity contribution in [2.24, 2.45) is 0 Å². The molecule has 0 saturated carbocycles. The van der Waals surface area contributed by atoms with Gasteiger partial charge in [0.1, 0.15) is 5.52 Å². The van der Waals surface area contributed by atoms with E-state index in [1.165, 1.54) is 6.20 Å². The van der Waals surface area contributed by atoms with Crippen LogP contribution in [0.1, 0.15) is 0 Å². The zero-order valence-electron chi connectivity index (χ0n) is 8.52. The molecule has 0 saturated heterocycles. The van der Waals surface area contributed by atoms with Gasteiger partial charge in [-0.15, -0.1) is 0 Å². The number of hydrogen-bond acceptors (Lipinski definition) is 3. The largest absolute Gasteiger partial charge is 0.418 e. The second kappa shape index (κ2) is 4.02. The van der Waals surface area contributed by atoms with Gasteiger partial charge >= 0.3 is 0 Å². The van der Waals surface area contributed by atoms with Gasteiger partial charge in [-0.25, -0.2) is 9.97 Å². The molecule has 0 aliphatic heterocycles. The predicted molar refractivity (Wildman–Crippen MR) is 67.3 cm³/mol. The maximum Gasteiger partial charge on any atom is 0.247 e. The lowest BCUT2D eigenvalue weighted by atomic mass is 10.2. The standard InChI is InChI=1S/C12H6Cl2N2O/c13-8-3-1-7(2-4-8)11-16-10-5-9(14)6-15-12(10)17-11/h1-6H. The van der Waals surface area contributed by atoms with Crippen LogP contribution in [0.5, 0.6) is 0 Å². The first kappa shape index (κ1) is 10.6. The Kier molecular flexibility index (Phi) is 2.50. The Morgan fingerprint density at radius 2 is 1.76 bits per heavy atom. The number of pyridine rings is 1. The Bertz CT molecular complexity index is 677. The molecule has 0 fully saturated rings. The van der Waals surface area contributed by atoms with Crippen LogP contribution in [0.3, 0.4) is 0 Å². The second-order valence-corrected chi connectivity index (χ2v) is 4.38. The van der Waals surface area contributed by atoms with Crippen LogP contribution in [-0.4, -0.2) is 9.97 Å². The molecule has 3 aromatic rings. The fraction of sp³-hybridized carbons (Fsp3) is 0. The Morgan fingerprint density at radius 3 is 2.53 bits per heavy atom. The summed E-state index contributed by atoms with van der Waals surface area (Å²) in [5.41, 5.74) is 1.96. The van der Waals surface area contributed by atoms with Gasteiger partial charge in [0, 0.05) is 16.8 Å². The van der Waals surface area contributed by atoms with Gasteiger partial charge in [-0.3, -0.25) is 0 Å². The Labute approximate surface area is 107 Å². The average molecular weight is 265 g/mol. The average Bonchev–Trinajstić information content (AvgIpc) is 2.72. The summed E-state index contributed by atoms with van der Waals surface area (Å²) < 4.78 is 5.52. The second-order valence-electron chi connectivity index (χ2n) is 3.50. The molecule has 0 aliphatic carbocycles. The van der Waals surface area contributed by atoms with Crippen molar-refractivity contribution in [2.45, 2.75) is 0 Å². The summed E-state index contributed by atoms with van der Waals surface area (Å²) in [5, 5.41) is 1.21. The third-order valence-electron chi connectivity index (χ3n) is 2.31. The topological polar surface area (TPSA) is 38.9 Å². The highest BCUT2D eigenvalue weighted by Crippen LogP contribution is 2.25. The van der Waals surface area contributed by atoms with E-state index < -0.39 is 0 Å². The third kappa shape index (κ3) is 1.99. The first-order valence-corrected chi connectivity index (χ1v) is 5.66. The van der Waals surface area contributed by atoms with Gasteiger partial charge < -0.3 is 4.42 Å². The molecule has 0 radical (unpaired) electrons. The van der Waals surface area contributed by atoms with Crippen LogP contribution >= 0.6 is 23.2 Å². The van der Waals surface area contributed by atoms with Gasteiger partial charge in [0.05, 0.1) is 5.02 Å². The zero-order chi connectivity index (χ0) is 11.8. The Balaban J connectivity index is 2.14. The number of fused-ring (bicyclic) bond motifs is 1. The number of oxazole rings is 1. The molecule has 17 heavy (non-hydrogen) atoms. The lowest BCUT2D eigenvalue weighted by Crippen LogP contribution is -1.76. The molecule has 1 aromatic carbocycles. The number of hydrogen-bond donors (Lipinski definition) is 0. The highest BCUT2D eigenvalue weighted by Gasteiger charge is 2.09. The monoisotopic (exact) mass is 264 g/mol. The van der Waals surface area contributed by atoms with Crippen LogP contribution in [-0.2, 0) is 0 Å². The van der Waals surface area contributed by atoms with Crippen LogP contribution in [0.25, 0.3) is 22.7 Å². The predicted octanol–water partition coefficient (Wildman–Crippen LogP) is 4.20. The van der Waals surface area contributed by atoms with Crippen molar-refractivity contribution in [3.63, 3.8) is 0 Å². The molecule has 0 bridgehead atoms. The Morgan fingerprint density at radius 1 is 1.00 bits per heavy atom. The molecular weight excluding hydrogens is 259 g/mol. The highest BCUT2D eigenvalue weighted by molar-refractivity contribution is 6.31. The fourth-order valence-corrected chi connectivity index (χ4v) is 1.79. The van der Waals surface area contributed by atoms with Crippen molar-refractivity contribution in [1.29, 1.82) is 0 Å². The van der Waals surface area contributed by atoms with Crippen LogP contribution in [0.15, 0.2) is 40.9 Å². The summed E-state index contributed by atoms with van der Waals surface area (Å²) >= 11 is 11.7. The van der Waals surface area contributed by atoms with Gasteiger partial charge in [0.15, 0.2) is 0 Å². The van der Waals surface area contributed by atoms with Crippen molar-refractivity contribution in [1.82, 2.24) is 9.97 Å². The maximum absolute atomic E-state index is 5.83. The summed E-state index contributed by atoms with van der Waals surface area (Å²) in [6.07, 6.45) is 1.53. The SMILES string of the molecule is Clc1ccc(-c2nc3cc(Cl)cnc3o2)cc1. The van der Waals surface area contributed by atoms with Crippen molar-refractivity contribution in [3.8, 4) is 11.5 Å². The van der Waals surface area contributed by atoms with Gasteiger partial charge in [0.2, 0.25) is 11.6 Å². The van der Waals surface area contributed by atoms with Crippen LogP contribution in [0.2, 0.25) is 10.0 Å². The molecule has 2 heterocycles. The number of aromatic nitrogens is 2. The summed E-state index contributed by atoms with van der Waals surface area (Å²) in [7, 11) is 0. The van der Waals surface area contributed by atoms with E-state index in [0.29, 0.717) is 27.2 Å². The van der Waals surface area contributed by atoms with Crippen molar-refractivity contribution in [2.75, 3.05) is 0 Å². The first-order valence-electron chi connectivity index (χ1n) is 4.90. The van der Waals surface area contributed by atoms with Crippen LogP contribution < -0.4 is 0 Å². The molecule has 0 amide bonds. The molecule has 0 spiro atoms. The van der Waals surface area contributed by atoms with Gasteiger partial charge in [-0.05, 0) is 30.3 Å². The molecule has 0 aliphatic rings. The number of benzene rings is 1. The minimum Gasteiger partial charge on any atom is -0.418 e. The van der Waals surface area contributed by atoms with Crippen molar-refractivity contribution < 1.29 is 4.42 Å². The summed E-state index contributed by atoms with van der Waals surface area (Å²) in [6, 6.07) is 8.97. The van der Waals surface area contributed by atoms with E-state index in [-0.39, 0.29) is 0 Å². The summed E-state index contributed by atoms with van der Waals surface area (Å²) in [4.78, 5) is 8.37. The van der Waals surface area contributed by atoms with Crippen molar-refractivity contribution >= 4 is 34.4 Å². The van der Waals surface area contributed by atoms with Crippen molar-refractivity contribution in [3.05, 3.63) is 46.6 Å². The molecule has 0 atom stereocenters. The van der Waals surface area contributed by atoms with Gasteiger partial charge in [0.25, 0.3) is 0 Å². The van der Waals surface area contributed by atoms with E-state index >= 15 is 0 Å². The van der Waals surface area contributed by atoms with Crippen LogP contribution in [0.4, 0.5) is 0 Å². The van der Waals surface area contributed by atoms with E-state index in [0.717, 1.165) is 5.56 Å². The quantitative estimate of drug-likeness (QED) is 0.662. The normalized spacial score (nSPS) is 10.9. The fourth-order valence-electron chi connectivity index (χ4n) is 1.51. The van der Waals surface area contributed by atoms with Gasteiger partial charge in [-0.2, -0.15) is 0 Å². The molecular formula is C12H6Cl2N2O. The summed E-state index contributed by atoms with van der Waals surface area (Å²) in [5.74, 6) is 0.506. The zero-order valence-corrected chi connectivity index (χ0v) is 10.0. The van der Waals surface area contributed by atoms with E-state index in [2.05, 4.69) is 9.97 Å². The Hall–Kier alpha value is -1.58. The molecule has 3 rings (SSSR count). The molecule has 0 unspecified atom stereocenters. The molecule has 0 N–H and O–H groups in total.